The van der Waals surface area contributed by atoms with E-state index in [4.69, 9.17) is 4.74 Å². The summed E-state index contributed by atoms with van der Waals surface area (Å²) in [6, 6.07) is 8.36. The Morgan fingerprint density at radius 1 is 1.19 bits per heavy atom. The fraction of sp³-hybridized carbons (Fsp3) is 0.619. The molecule has 4 aliphatic carbocycles. The number of urea groups is 1. The third-order valence-electron chi connectivity index (χ3n) is 6.82. The van der Waals surface area contributed by atoms with Gasteiger partial charge in [-0.1, -0.05) is 23.5 Å². The number of carbonyl (C=O) groups excluding carboxylic acids is 1. The molecule has 0 aliphatic heterocycles. The van der Waals surface area contributed by atoms with E-state index in [2.05, 4.69) is 27.0 Å². The Bertz CT molecular complexity index is 888. The van der Waals surface area contributed by atoms with Crippen LogP contribution in [-0.2, 0) is 11.3 Å². The van der Waals surface area contributed by atoms with Crippen molar-refractivity contribution in [1.29, 1.82) is 0 Å². The summed E-state index contributed by atoms with van der Waals surface area (Å²) in [5, 5.41) is 3.29. The maximum Gasteiger partial charge on any atom is 0.343 e. The summed E-state index contributed by atoms with van der Waals surface area (Å²) in [6.07, 6.45) is 6.63. The summed E-state index contributed by atoms with van der Waals surface area (Å²) in [7, 11) is 1.70. The molecule has 2 amide bonds. The average Bonchev–Trinajstić information content (AvgIpc) is 2.99. The van der Waals surface area contributed by atoms with E-state index in [0.29, 0.717) is 31.0 Å². The second-order valence-electron chi connectivity index (χ2n) is 8.51. The largest absolute Gasteiger partial charge is 0.383 e. The van der Waals surface area contributed by atoms with Crippen LogP contribution in [0.5, 0.6) is 0 Å². The smallest absolute Gasteiger partial charge is 0.343 e. The number of aromatic nitrogens is 1. The van der Waals surface area contributed by atoms with Crippen LogP contribution in [0.25, 0.3) is 10.2 Å². The number of ether oxygens (including phenoxy) is 1. The van der Waals surface area contributed by atoms with Crippen LogP contribution >= 0.6 is 11.3 Å². The molecule has 0 spiro atoms. The third kappa shape index (κ3) is 3.23. The Morgan fingerprint density at radius 3 is 2.59 bits per heavy atom. The highest BCUT2D eigenvalue weighted by Crippen LogP contribution is 2.53. The number of hydrogen-bond acceptors (Lipinski definition) is 3. The summed E-state index contributed by atoms with van der Waals surface area (Å²) >= 11 is 1.57. The van der Waals surface area contributed by atoms with Gasteiger partial charge in [0.05, 0.1) is 16.8 Å². The molecule has 4 saturated carbocycles. The standard InChI is InChI=1S/C21H27N3O2S/c1-26-7-6-24-17-4-2-3-5-18(17)27-21(24)23-20(25)22-19-15-9-13-8-14(11-15)12-16(19)10-13/h2-5,13-16,19H,6-12H2,1H3,(H,22,25)/b23-21-. The molecule has 6 rings (SSSR count). The Kier molecular flexibility index (Phi) is 4.56. The van der Waals surface area contributed by atoms with Gasteiger partial charge in [0.2, 0.25) is 0 Å². The Morgan fingerprint density at radius 2 is 1.89 bits per heavy atom. The van der Waals surface area contributed by atoms with Gasteiger partial charge in [-0.15, -0.1) is 0 Å². The number of amides is 2. The van der Waals surface area contributed by atoms with Crippen LogP contribution in [0.15, 0.2) is 29.3 Å². The minimum atomic E-state index is -0.176. The van der Waals surface area contributed by atoms with Crippen LogP contribution in [0.2, 0.25) is 0 Å². The molecule has 1 aromatic carbocycles. The van der Waals surface area contributed by atoms with Gasteiger partial charge in [-0.25, -0.2) is 4.79 Å². The van der Waals surface area contributed by atoms with Crippen molar-refractivity contribution in [2.45, 2.75) is 44.7 Å². The summed E-state index contributed by atoms with van der Waals surface area (Å²) in [5.74, 6) is 3.17. The highest BCUT2D eigenvalue weighted by molar-refractivity contribution is 7.16. The Hall–Kier alpha value is -1.66. The maximum atomic E-state index is 12.8. The third-order valence-corrected chi connectivity index (χ3v) is 7.88. The van der Waals surface area contributed by atoms with Crippen LogP contribution in [0.3, 0.4) is 0 Å². The highest BCUT2D eigenvalue weighted by atomic mass is 32.1. The molecule has 1 N–H and O–H groups in total. The first kappa shape index (κ1) is 17.4. The van der Waals surface area contributed by atoms with Crippen LogP contribution in [-0.4, -0.2) is 30.4 Å². The second kappa shape index (κ2) is 7.06. The number of fused-ring (bicyclic) bond motifs is 1. The number of methoxy groups -OCH3 is 1. The Balaban J connectivity index is 1.40. The van der Waals surface area contributed by atoms with Gasteiger partial charge < -0.3 is 14.6 Å². The number of thiazole rings is 1. The molecule has 0 atom stereocenters. The topological polar surface area (TPSA) is 55.6 Å². The normalized spacial score (nSPS) is 32.3. The van der Waals surface area contributed by atoms with Crippen LogP contribution < -0.4 is 10.1 Å². The van der Waals surface area contributed by atoms with Crippen LogP contribution in [0, 0.1) is 23.7 Å². The molecule has 1 aromatic heterocycles. The minimum Gasteiger partial charge on any atom is -0.383 e. The van der Waals surface area contributed by atoms with Crippen molar-refractivity contribution >= 4 is 27.6 Å². The molecule has 27 heavy (non-hydrogen) atoms. The van der Waals surface area contributed by atoms with Crippen LogP contribution in [0.4, 0.5) is 4.79 Å². The van der Waals surface area contributed by atoms with Gasteiger partial charge in [0.25, 0.3) is 0 Å². The van der Waals surface area contributed by atoms with E-state index < -0.39 is 0 Å². The average molecular weight is 386 g/mol. The van der Waals surface area contributed by atoms with E-state index in [1.54, 1.807) is 18.4 Å². The van der Waals surface area contributed by atoms with E-state index >= 15 is 0 Å². The fourth-order valence-corrected chi connectivity index (χ4v) is 6.98. The predicted molar refractivity (Wildman–Crippen MR) is 107 cm³/mol. The Labute approximate surface area is 163 Å². The first-order chi connectivity index (χ1) is 13.2. The molecule has 0 radical (unpaired) electrons. The quantitative estimate of drug-likeness (QED) is 0.871. The SMILES string of the molecule is COCCn1/c(=N/C(=O)NC2C3CC4CC(C3)CC2C4)sc2ccccc21. The predicted octanol–water partition coefficient (Wildman–Crippen LogP) is 3.78. The van der Waals surface area contributed by atoms with E-state index in [1.165, 1.54) is 32.1 Å². The summed E-state index contributed by atoms with van der Waals surface area (Å²) in [5.41, 5.74) is 1.11. The lowest BCUT2D eigenvalue weighted by molar-refractivity contribution is -0.00904. The zero-order valence-electron chi connectivity index (χ0n) is 15.8. The number of benzene rings is 1. The number of nitrogens with one attached hydrogen (secondary N) is 1. The summed E-state index contributed by atoms with van der Waals surface area (Å²) in [4.78, 5) is 18.0. The van der Waals surface area contributed by atoms with Gasteiger partial charge in [0, 0.05) is 19.7 Å². The van der Waals surface area contributed by atoms with Crippen molar-refractivity contribution in [3.05, 3.63) is 29.1 Å². The lowest BCUT2D eigenvalue weighted by Gasteiger charge is -2.54. The molecule has 4 bridgehead atoms. The molecule has 2 aromatic rings. The van der Waals surface area contributed by atoms with Gasteiger partial charge in [0.1, 0.15) is 0 Å². The number of para-hydroxylation sites is 1. The minimum absolute atomic E-state index is 0.176. The molecule has 144 valence electrons. The van der Waals surface area contributed by atoms with Gasteiger partial charge >= 0.3 is 6.03 Å². The van der Waals surface area contributed by atoms with Crippen molar-refractivity contribution in [3.63, 3.8) is 0 Å². The molecule has 0 saturated heterocycles. The highest BCUT2D eigenvalue weighted by Gasteiger charge is 2.48. The van der Waals surface area contributed by atoms with Gasteiger partial charge in [-0.2, -0.15) is 4.99 Å². The number of nitrogens with zero attached hydrogens (tertiary/aromatic N) is 2. The van der Waals surface area contributed by atoms with Gasteiger partial charge in [-0.05, 0) is 67.9 Å². The van der Waals surface area contributed by atoms with E-state index in [0.717, 1.165) is 26.9 Å². The summed E-state index contributed by atoms with van der Waals surface area (Å²) in [6.45, 7) is 1.30. The maximum absolute atomic E-state index is 12.8. The fourth-order valence-electron chi connectivity index (χ4n) is 5.93. The number of carbonyl (C=O) groups is 1. The monoisotopic (exact) mass is 385 g/mol. The van der Waals surface area contributed by atoms with Crippen molar-refractivity contribution in [2.75, 3.05) is 13.7 Å². The molecule has 0 unspecified atom stereocenters. The molecular weight excluding hydrogens is 358 g/mol. The van der Waals surface area contributed by atoms with Crippen molar-refractivity contribution in [1.82, 2.24) is 9.88 Å². The van der Waals surface area contributed by atoms with Crippen molar-refractivity contribution < 1.29 is 9.53 Å². The molecule has 6 heteroatoms. The number of rotatable bonds is 4. The first-order valence-electron chi connectivity index (χ1n) is 10.1. The van der Waals surface area contributed by atoms with E-state index in [9.17, 15) is 4.79 Å². The summed E-state index contributed by atoms with van der Waals surface area (Å²) < 4.78 is 8.50. The molecule has 4 aliphatic rings. The van der Waals surface area contributed by atoms with E-state index in [-0.39, 0.29) is 6.03 Å². The number of hydrogen-bond donors (Lipinski definition) is 1. The second-order valence-corrected chi connectivity index (χ2v) is 9.52. The molecule has 4 fully saturated rings. The van der Waals surface area contributed by atoms with Crippen molar-refractivity contribution in [2.24, 2.45) is 28.7 Å². The van der Waals surface area contributed by atoms with E-state index in [1.807, 2.05) is 12.1 Å². The molecular formula is C21H27N3O2S. The van der Waals surface area contributed by atoms with Gasteiger partial charge in [0.15, 0.2) is 4.80 Å². The van der Waals surface area contributed by atoms with Crippen LogP contribution in [0.1, 0.15) is 32.1 Å². The molecule has 5 nitrogen and oxygen atoms in total. The van der Waals surface area contributed by atoms with Crippen molar-refractivity contribution in [3.8, 4) is 0 Å². The molecule has 1 heterocycles. The zero-order chi connectivity index (χ0) is 18.4. The van der Waals surface area contributed by atoms with Gasteiger partial charge in [-0.3, -0.25) is 0 Å². The first-order valence-corrected chi connectivity index (χ1v) is 11.0. The zero-order valence-corrected chi connectivity index (χ0v) is 16.6. The lowest BCUT2D eigenvalue weighted by Crippen LogP contribution is -2.55. The lowest BCUT2D eigenvalue weighted by atomic mass is 9.54.